The van der Waals surface area contributed by atoms with Crippen molar-refractivity contribution < 1.29 is 24.1 Å². The van der Waals surface area contributed by atoms with Gasteiger partial charge in [-0.2, -0.15) is 0 Å². The molecule has 2 heterocycles. The lowest BCUT2D eigenvalue weighted by Gasteiger charge is -2.25. The number of methoxy groups -OCH3 is 1. The van der Waals surface area contributed by atoms with Crippen LogP contribution < -0.4 is 24.4 Å². The number of allylic oxidation sites excluding steroid dienone is 1. The highest BCUT2D eigenvalue weighted by molar-refractivity contribution is 7.07. The number of esters is 1. The van der Waals surface area contributed by atoms with E-state index < -0.39 is 12.0 Å². The minimum Gasteiger partial charge on any atom is -0.504 e. The predicted molar refractivity (Wildman–Crippen MR) is 137 cm³/mol. The third kappa shape index (κ3) is 4.92. The fourth-order valence-electron chi connectivity index (χ4n) is 4.06. The number of benzene rings is 2. The third-order valence-electron chi connectivity index (χ3n) is 5.59. The molecule has 3 aromatic rings. The molecular weight excluding hydrogens is 480 g/mol. The quantitative estimate of drug-likeness (QED) is 0.492. The largest absolute Gasteiger partial charge is 0.504 e. The van der Waals surface area contributed by atoms with Gasteiger partial charge in [0.15, 0.2) is 16.3 Å². The summed E-state index contributed by atoms with van der Waals surface area (Å²) in [6.45, 7) is 7.57. The molecule has 188 valence electrons. The summed E-state index contributed by atoms with van der Waals surface area (Å²) >= 11 is 1.22. The van der Waals surface area contributed by atoms with Crippen molar-refractivity contribution >= 4 is 23.4 Å². The maximum absolute atomic E-state index is 13.7. The van der Waals surface area contributed by atoms with E-state index in [2.05, 4.69) is 4.99 Å². The Bertz CT molecular complexity index is 1500. The van der Waals surface area contributed by atoms with Crippen LogP contribution in [-0.4, -0.2) is 35.5 Å². The van der Waals surface area contributed by atoms with Crippen LogP contribution in [0.15, 0.2) is 63.5 Å². The van der Waals surface area contributed by atoms with Gasteiger partial charge in [0.05, 0.1) is 41.7 Å². The van der Waals surface area contributed by atoms with E-state index in [1.165, 1.54) is 29.1 Å². The van der Waals surface area contributed by atoms with E-state index >= 15 is 0 Å². The van der Waals surface area contributed by atoms with Gasteiger partial charge in [-0.25, -0.2) is 9.79 Å². The zero-order valence-corrected chi connectivity index (χ0v) is 21.6. The van der Waals surface area contributed by atoms with Gasteiger partial charge in [-0.1, -0.05) is 29.5 Å². The van der Waals surface area contributed by atoms with Gasteiger partial charge in [0.25, 0.3) is 5.56 Å². The Balaban J connectivity index is 1.88. The number of nitrogens with zero attached hydrogens (tertiary/aromatic N) is 2. The number of carbonyl (C=O) groups excluding carboxylic acids is 1. The van der Waals surface area contributed by atoms with Crippen molar-refractivity contribution in [1.29, 1.82) is 0 Å². The Hall–Kier alpha value is -3.85. The highest BCUT2D eigenvalue weighted by Crippen LogP contribution is 2.32. The second kappa shape index (κ2) is 10.4. The summed E-state index contributed by atoms with van der Waals surface area (Å²) in [5, 5.41) is 10.1. The molecule has 0 saturated carbocycles. The van der Waals surface area contributed by atoms with Crippen LogP contribution in [0.2, 0.25) is 0 Å². The molecule has 1 aliphatic heterocycles. The van der Waals surface area contributed by atoms with E-state index in [9.17, 15) is 14.7 Å². The number of hydrogen-bond donors (Lipinski definition) is 1. The summed E-state index contributed by atoms with van der Waals surface area (Å²) in [6, 6.07) is 11.5. The van der Waals surface area contributed by atoms with E-state index in [-0.39, 0.29) is 24.0 Å². The zero-order valence-electron chi connectivity index (χ0n) is 20.8. The van der Waals surface area contributed by atoms with Crippen molar-refractivity contribution in [3.05, 3.63) is 84.5 Å². The summed E-state index contributed by atoms with van der Waals surface area (Å²) in [7, 11) is 1.47. The third-order valence-corrected chi connectivity index (χ3v) is 6.57. The average Bonchev–Trinajstić information content (AvgIpc) is 3.13. The fraction of sp³-hybridized carbons (Fsp3) is 0.296. The lowest BCUT2D eigenvalue weighted by atomic mass is 9.96. The van der Waals surface area contributed by atoms with Crippen LogP contribution >= 0.6 is 11.3 Å². The molecule has 9 heteroatoms. The van der Waals surface area contributed by atoms with Crippen LogP contribution in [0, 0.1) is 0 Å². The first-order valence-electron chi connectivity index (χ1n) is 11.6. The first-order chi connectivity index (χ1) is 17.2. The molecule has 0 aliphatic carbocycles. The number of carbonyl (C=O) groups is 1. The number of aromatic hydroxyl groups is 1. The molecule has 0 saturated heterocycles. The molecule has 2 aromatic carbocycles. The van der Waals surface area contributed by atoms with Crippen LogP contribution in [0.3, 0.4) is 0 Å². The number of hydrogen-bond acceptors (Lipinski definition) is 8. The first kappa shape index (κ1) is 25.2. The highest BCUT2D eigenvalue weighted by Gasteiger charge is 2.33. The van der Waals surface area contributed by atoms with Crippen LogP contribution in [0.5, 0.6) is 17.2 Å². The van der Waals surface area contributed by atoms with Gasteiger partial charge in [0.2, 0.25) is 0 Å². The Labute approximate surface area is 212 Å². The molecule has 0 bridgehead atoms. The van der Waals surface area contributed by atoms with Gasteiger partial charge < -0.3 is 19.3 Å². The van der Waals surface area contributed by atoms with Crippen molar-refractivity contribution in [1.82, 2.24) is 4.57 Å². The smallest absolute Gasteiger partial charge is 0.338 e. The Kier molecular flexibility index (Phi) is 7.30. The molecule has 0 radical (unpaired) electrons. The molecule has 0 amide bonds. The maximum Gasteiger partial charge on any atom is 0.338 e. The molecule has 1 aromatic heterocycles. The molecule has 4 rings (SSSR count). The number of phenols is 1. The molecule has 0 unspecified atom stereocenters. The van der Waals surface area contributed by atoms with E-state index in [1.807, 2.05) is 38.1 Å². The number of fused-ring (bicyclic) bond motifs is 1. The summed E-state index contributed by atoms with van der Waals surface area (Å²) in [5.41, 5.74) is 1.88. The van der Waals surface area contributed by atoms with Gasteiger partial charge >= 0.3 is 5.97 Å². The highest BCUT2D eigenvalue weighted by atomic mass is 32.1. The minimum atomic E-state index is -0.708. The summed E-state index contributed by atoms with van der Waals surface area (Å²) in [6.07, 6.45) is 1.70. The van der Waals surface area contributed by atoms with E-state index in [1.54, 1.807) is 32.1 Å². The van der Waals surface area contributed by atoms with Crippen LogP contribution in [0.4, 0.5) is 0 Å². The predicted octanol–water partition coefficient (Wildman–Crippen LogP) is 3.30. The summed E-state index contributed by atoms with van der Waals surface area (Å²) in [5.74, 6) is 0.494. The van der Waals surface area contributed by atoms with Crippen molar-refractivity contribution in [3.8, 4) is 17.2 Å². The van der Waals surface area contributed by atoms with Crippen LogP contribution in [0.1, 0.15) is 44.9 Å². The molecule has 1 N–H and O–H groups in total. The average molecular weight is 509 g/mol. The lowest BCUT2D eigenvalue weighted by Crippen LogP contribution is -2.39. The Morgan fingerprint density at radius 2 is 1.94 bits per heavy atom. The van der Waals surface area contributed by atoms with E-state index in [0.717, 1.165) is 5.56 Å². The van der Waals surface area contributed by atoms with Gasteiger partial charge in [-0.15, -0.1) is 0 Å². The van der Waals surface area contributed by atoms with Crippen molar-refractivity contribution in [3.63, 3.8) is 0 Å². The molecule has 36 heavy (non-hydrogen) atoms. The van der Waals surface area contributed by atoms with E-state index in [4.69, 9.17) is 14.2 Å². The van der Waals surface area contributed by atoms with Crippen molar-refractivity contribution in [2.75, 3.05) is 13.7 Å². The molecule has 8 nitrogen and oxygen atoms in total. The SMILES string of the molecule is CCOC(=O)C1=C(C)N=c2s/c(=C/c3ccc(OC)c(O)c3)c(=O)n2[C@@H]1c1ccc(OC(C)C)cc1. The molecule has 0 fully saturated rings. The Morgan fingerprint density at radius 1 is 1.22 bits per heavy atom. The zero-order chi connectivity index (χ0) is 26.0. The fourth-order valence-corrected chi connectivity index (χ4v) is 5.10. The van der Waals surface area contributed by atoms with Gasteiger partial charge in [-0.3, -0.25) is 9.36 Å². The van der Waals surface area contributed by atoms with E-state index in [0.29, 0.717) is 37.7 Å². The van der Waals surface area contributed by atoms with Gasteiger partial charge in [0, 0.05) is 0 Å². The monoisotopic (exact) mass is 508 g/mol. The van der Waals surface area contributed by atoms with Crippen molar-refractivity contribution in [2.45, 2.75) is 39.8 Å². The number of aromatic nitrogens is 1. The first-order valence-corrected chi connectivity index (χ1v) is 12.4. The summed E-state index contributed by atoms with van der Waals surface area (Å²) < 4.78 is 18.1. The molecule has 1 atom stereocenters. The molecule has 0 spiro atoms. The maximum atomic E-state index is 13.7. The topological polar surface area (TPSA) is 99.4 Å². The van der Waals surface area contributed by atoms with Crippen molar-refractivity contribution in [2.24, 2.45) is 4.99 Å². The van der Waals surface area contributed by atoms with Crippen LogP contribution in [-0.2, 0) is 9.53 Å². The number of ether oxygens (including phenoxy) is 3. The molecule has 1 aliphatic rings. The van der Waals surface area contributed by atoms with Crippen LogP contribution in [0.25, 0.3) is 6.08 Å². The number of rotatable bonds is 7. The Morgan fingerprint density at radius 3 is 2.56 bits per heavy atom. The lowest BCUT2D eigenvalue weighted by molar-refractivity contribution is -0.139. The second-order valence-corrected chi connectivity index (χ2v) is 9.48. The normalized spacial score (nSPS) is 15.5. The second-order valence-electron chi connectivity index (χ2n) is 8.47. The molecular formula is C27H28N2O6S. The summed E-state index contributed by atoms with van der Waals surface area (Å²) in [4.78, 5) is 31.7. The minimum absolute atomic E-state index is 0.0168. The van der Waals surface area contributed by atoms with Gasteiger partial charge in [0.1, 0.15) is 5.75 Å². The standard InChI is InChI=1S/C27H28N2O6S/c1-6-34-26(32)23-16(4)28-27-29(24(23)18-8-10-19(11-9-18)35-15(2)3)25(31)22(36-27)14-17-7-12-21(33-5)20(30)13-17/h7-15,24,30H,6H2,1-5H3/b22-14+/t24-/m1/s1. The van der Waals surface area contributed by atoms with Gasteiger partial charge in [-0.05, 0) is 69.2 Å². The number of phenolic OH excluding ortho intramolecular Hbond substituents is 1. The number of thiazole rings is 1.